The van der Waals surface area contributed by atoms with Crippen LogP contribution >= 0.6 is 0 Å². The van der Waals surface area contributed by atoms with Crippen LogP contribution in [0.2, 0.25) is 0 Å². The molecule has 1 aliphatic heterocycles. The van der Waals surface area contributed by atoms with Gasteiger partial charge in [-0.2, -0.15) is 0 Å². The molecular formula is C20H21NO6. The highest BCUT2D eigenvalue weighted by Crippen LogP contribution is 2.31. The molecule has 1 heterocycles. The number of fused-ring (bicyclic) bond motifs is 1. The predicted molar refractivity (Wildman–Crippen MR) is 97.0 cm³/mol. The van der Waals surface area contributed by atoms with Gasteiger partial charge in [-0.05, 0) is 36.2 Å². The summed E-state index contributed by atoms with van der Waals surface area (Å²) >= 11 is 0. The van der Waals surface area contributed by atoms with E-state index in [1.54, 1.807) is 25.3 Å². The van der Waals surface area contributed by atoms with Crippen molar-refractivity contribution < 1.29 is 28.5 Å². The number of rotatable bonds is 7. The van der Waals surface area contributed by atoms with E-state index in [0.29, 0.717) is 24.5 Å². The largest absolute Gasteiger partial charge is 0.497 e. The quantitative estimate of drug-likeness (QED) is 0.747. The van der Waals surface area contributed by atoms with Crippen molar-refractivity contribution in [2.45, 2.75) is 12.5 Å². The third kappa shape index (κ3) is 5.13. The molecule has 0 aliphatic carbocycles. The number of carbonyl (C=O) groups excluding carboxylic acids is 2. The van der Waals surface area contributed by atoms with E-state index in [9.17, 15) is 9.59 Å². The second-order valence-electron chi connectivity index (χ2n) is 5.92. The minimum absolute atomic E-state index is 0.0505. The van der Waals surface area contributed by atoms with Crippen molar-refractivity contribution in [3.8, 4) is 17.2 Å². The van der Waals surface area contributed by atoms with Gasteiger partial charge in [0, 0.05) is 6.54 Å². The average Bonchev–Trinajstić information content (AvgIpc) is 2.72. The molecular weight excluding hydrogens is 350 g/mol. The Morgan fingerprint density at radius 2 is 1.85 bits per heavy atom. The van der Waals surface area contributed by atoms with Gasteiger partial charge >= 0.3 is 5.97 Å². The predicted octanol–water partition coefficient (Wildman–Crippen LogP) is 1.74. The van der Waals surface area contributed by atoms with E-state index < -0.39 is 12.1 Å². The molecule has 3 rings (SSSR count). The Morgan fingerprint density at radius 3 is 2.59 bits per heavy atom. The third-order valence-corrected chi connectivity index (χ3v) is 4.01. The second kappa shape index (κ2) is 8.93. The van der Waals surface area contributed by atoms with E-state index in [1.165, 1.54) is 0 Å². The van der Waals surface area contributed by atoms with Crippen molar-refractivity contribution >= 4 is 11.9 Å². The van der Waals surface area contributed by atoms with Crippen LogP contribution in [-0.4, -0.2) is 44.8 Å². The SMILES string of the molecule is COc1ccc(CCNC(=O)COC(=O)[C@@H]2COc3ccccc3O2)cc1. The third-order valence-electron chi connectivity index (χ3n) is 4.01. The minimum atomic E-state index is -0.882. The van der Waals surface area contributed by atoms with Crippen LogP contribution in [0.3, 0.4) is 0 Å². The Bertz CT molecular complexity index is 789. The minimum Gasteiger partial charge on any atom is -0.497 e. The molecule has 0 saturated heterocycles. The summed E-state index contributed by atoms with van der Waals surface area (Å²) in [5.74, 6) is 0.850. The first-order valence-electron chi connectivity index (χ1n) is 8.60. The van der Waals surface area contributed by atoms with E-state index in [-0.39, 0.29) is 19.1 Å². The first-order valence-corrected chi connectivity index (χ1v) is 8.60. The fourth-order valence-corrected chi connectivity index (χ4v) is 2.55. The van der Waals surface area contributed by atoms with Crippen LogP contribution in [0.25, 0.3) is 0 Å². The van der Waals surface area contributed by atoms with E-state index in [4.69, 9.17) is 18.9 Å². The van der Waals surface area contributed by atoms with Crippen LogP contribution in [0.4, 0.5) is 0 Å². The van der Waals surface area contributed by atoms with Crippen molar-refractivity contribution in [1.29, 1.82) is 0 Å². The molecule has 1 atom stereocenters. The number of benzene rings is 2. The number of nitrogens with one attached hydrogen (secondary N) is 1. The molecule has 1 amide bonds. The number of esters is 1. The van der Waals surface area contributed by atoms with Crippen LogP contribution < -0.4 is 19.5 Å². The molecule has 0 unspecified atom stereocenters. The number of hydrogen-bond donors (Lipinski definition) is 1. The van der Waals surface area contributed by atoms with Crippen LogP contribution in [-0.2, 0) is 20.7 Å². The lowest BCUT2D eigenvalue weighted by Crippen LogP contribution is -2.39. The van der Waals surface area contributed by atoms with Gasteiger partial charge in [0.2, 0.25) is 6.10 Å². The fraction of sp³-hybridized carbons (Fsp3) is 0.300. The number of para-hydroxylation sites is 2. The Hall–Kier alpha value is -3.22. The summed E-state index contributed by atoms with van der Waals surface area (Å²) in [5, 5.41) is 2.71. The van der Waals surface area contributed by atoms with Crippen LogP contribution in [0.1, 0.15) is 5.56 Å². The van der Waals surface area contributed by atoms with Crippen molar-refractivity contribution in [3.05, 3.63) is 54.1 Å². The van der Waals surface area contributed by atoms with E-state index in [0.717, 1.165) is 11.3 Å². The molecule has 0 saturated carbocycles. The fourth-order valence-electron chi connectivity index (χ4n) is 2.55. The molecule has 2 aromatic carbocycles. The van der Waals surface area contributed by atoms with Gasteiger partial charge in [-0.1, -0.05) is 24.3 Å². The maximum absolute atomic E-state index is 12.0. The molecule has 1 N–H and O–H groups in total. The Balaban J connectivity index is 1.37. The standard InChI is InChI=1S/C20H21NO6/c1-24-15-8-6-14(7-9-15)10-11-21-19(22)13-26-20(23)18-12-25-16-4-2-3-5-17(16)27-18/h2-9,18H,10-13H2,1H3,(H,21,22)/t18-/m0/s1. The van der Waals surface area contributed by atoms with Crippen LogP contribution in [0.5, 0.6) is 17.2 Å². The zero-order valence-corrected chi connectivity index (χ0v) is 15.0. The van der Waals surface area contributed by atoms with Gasteiger partial charge in [0.05, 0.1) is 7.11 Å². The summed E-state index contributed by atoms with van der Waals surface area (Å²) < 4.78 is 21.1. The smallest absolute Gasteiger partial charge is 0.351 e. The molecule has 7 heteroatoms. The zero-order chi connectivity index (χ0) is 19.1. The monoisotopic (exact) mass is 371 g/mol. The van der Waals surface area contributed by atoms with Gasteiger partial charge in [-0.25, -0.2) is 4.79 Å². The first kappa shape index (κ1) is 18.6. The van der Waals surface area contributed by atoms with Gasteiger partial charge in [-0.3, -0.25) is 4.79 Å². The Labute approximate surface area is 157 Å². The Morgan fingerprint density at radius 1 is 1.11 bits per heavy atom. The van der Waals surface area contributed by atoms with Gasteiger partial charge in [0.25, 0.3) is 5.91 Å². The summed E-state index contributed by atoms with van der Waals surface area (Å²) in [6.07, 6.45) is -0.216. The normalized spacial score (nSPS) is 14.9. The highest BCUT2D eigenvalue weighted by Gasteiger charge is 2.29. The lowest BCUT2D eigenvalue weighted by Gasteiger charge is -2.24. The van der Waals surface area contributed by atoms with Crippen molar-refractivity contribution in [1.82, 2.24) is 5.32 Å². The van der Waals surface area contributed by atoms with Crippen molar-refractivity contribution in [2.24, 2.45) is 0 Å². The lowest BCUT2D eigenvalue weighted by atomic mass is 10.1. The molecule has 0 fully saturated rings. The van der Waals surface area contributed by atoms with Crippen molar-refractivity contribution in [3.63, 3.8) is 0 Å². The van der Waals surface area contributed by atoms with Crippen molar-refractivity contribution in [2.75, 3.05) is 26.9 Å². The number of amides is 1. The lowest BCUT2D eigenvalue weighted by molar-refractivity contribution is -0.157. The highest BCUT2D eigenvalue weighted by molar-refractivity contribution is 5.82. The molecule has 0 radical (unpaired) electrons. The molecule has 0 spiro atoms. The summed E-state index contributed by atoms with van der Waals surface area (Å²) in [7, 11) is 1.61. The van der Waals surface area contributed by atoms with Gasteiger partial charge in [-0.15, -0.1) is 0 Å². The molecule has 0 bridgehead atoms. The van der Waals surface area contributed by atoms with Gasteiger partial charge in [0.15, 0.2) is 18.1 Å². The summed E-state index contributed by atoms with van der Waals surface area (Å²) in [6.45, 7) is 0.136. The number of carbonyl (C=O) groups is 2. The van der Waals surface area contributed by atoms with Crippen LogP contribution in [0.15, 0.2) is 48.5 Å². The first-order chi connectivity index (χ1) is 13.2. The molecule has 0 aromatic heterocycles. The maximum atomic E-state index is 12.0. The molecule has 27 heavy (non-hydrogen) atoms. The summed E-state index contributed by atoms with van der Waals surface area (Å²) in [6, 6.07) is 14.7. The summed E-state index contributed by atoms with van der Waals surface area (Å²) in [4.78, 5) is 23.9. The average molecular weight is 371 g/mol. The topological polar surface area (TPSA) is 83.1 Å². The van der Waals surface area contributed by atoms with Gasteiger partial charge in [0.1, 0.15) is 12.4 Å². The van der Waals surface area contributed by atoms with E-state index in [1.807, 2.05) is 30.3 Å². The molecule has 1 aliphatic rings. The second-order valence-corrected chi connectivity index (χ2v) is 5.92. The molecule has 2 aromatic rings. The van der Waals surface area contributed by atoms with E-state index in [2.05, 4.69) is 5.32 Å². The number of methoxy groups -OCH3 is 1. The molecule has 142 valence electrons. The maximum Gasteiger partial charge on any atom is 0.351 e. The summed E-state index contributed by atoms with van der Waals surface area (Å²) in [5.41, 5.74) is 1.07. The Kier molecular flexibility index (Phi) is 6.14. The van der Waals surface area contributed by atoms with Crippen LogP contribution in [0, 0.1) is 0 Å². The zero-order valence-electron chi connectivity index (χ0n) is 15.0. The highest BCUT2D eigenvalue weighted by atomic mass is 16.6. The number of hydrogen-bond acceptors (Lipinski definition) is 6. The van der Waals surface area contributed by atoms with E-state index >= 15 is 0 Å². The number of ether oxygens (including phenoxy) is 4. The van der Waals surface area contributed by atoms with Gasteiger partial charge < -0.3 is 24.3 Å². The molecule has 7 nitrogen and oxygen atoms in total.